The van der Waals surface area contributed by atoms with E-state index in [1.54, 1.807) is 0 Å². The lowest BCUT2D eigenvalue weighted by molar-refractivity contribution is 0.677. The number of aromatic nitrogens is 1. The molecule has 0 atom stereocenters. The van der Waals surface area contributed by atoms with Gasteiger partial charge in [-0.1, -0.05) is 38.1 Å². The molecule has 2 rings (SSSR count). The monoisotopic (exact) mass is 257 g/mol. The minimum Gasteiger partial charge on any atom is -0.370 e. The Labute approximate surface area is 115 Å². The van der Waals surface area contributed by atoms with Crippen LogP contribution < -0.4 is 10.6 Å². The number of fused-ring (bicyclic) bond motifs is 1. The minimum atomic E-state index is 0.884. The van der Waals surface area contributed by atoms with Gasteiger partial charge in [-0.2, -0.15) is 0 Å². The number of nitrogens with zero attached hydrogens (tertiary/aromatic N) is 1. The Morgan fingerprint density at radius 2 is 1.74 bits per heavy atom. The number of anilines is 1. The van der Waals surface area contributed by atoms with E-state index in [1.165, 1.54) is 16.3 Å². The topological polar surface area (TPSA) is 37.0 Å². The number of pyridine rings is 1. The van der Waals surface area contributed by atoms with Gasteiger partial charge in [0.05, 0.1) is 0 Å². The Kier molecular flexibility index (Phi) is 5.16. The van der Waals surface area contributed by atoms with Crippen molar-refractivity contribution in [2.24, 2.45) is 0 Å². The Balaban J connectivity index is 2.29. The zero-order valence-corrected chi connectivity index (χ0v) is 11.9. The van der Waals surface area contributed by atoms with Crippen molar-refractivity contribution in [2.45, 2.75) is 33.2 Å². The van der Waals surface area contributed by atoms with Crippen molar-refractivity contribution in [2.75, 3.05) is 18.4 Å². The normalized spacial score (nSPS) is 10.8. The maximum Gasteiger partial charge on any atom is 0.133 e. The molecule has 2 aromatic rings. The van der Waals surface area contributed by atoms with Crippen molar-refractivity contribution in [1.29, 1.82) is 0 Å². The fourth-order valence-electron chi connectivity index (χ4n) is 2.18. The summed E-state index contributed by atoms with van der Waals surface area (Å²) in [4.78, 5) is 4.57. The Morgan fingerprint density at radius 3 is 2.47 bits per heavy atom. The molecular weight excluding hydrogens is 234 g/mol. The molecule has 19 heavy (non-hydrogen) atoms. The largest absolute Gasteiger partial charge is 0.370 e. The maximum atomic E-state index is 4.57. The highest BCUT2D eigenvalue weighted by molar-refractivity contribution is 5.93. The first-order chi connectivity index (χ1) is 9.36. The third-order valence-corrected chi connectivity index (χ3v) is 3.16. The third kappa shape index (κ3) is 3.44. The molecule has 0 saturated heterocycles. The SMILES string of the molecule is CCCNCc1cnc(NCCC)c2ccccc12. The van der Waals surface area contributed by atoms with E-state index in [4.69, 9.17) is 0 Å². The molecule has 3 heteroatoms. The predicted octanol–water partition coefficient (Wildman–Crippen LogP) is 3.56. The second-order valence-corrected chi connectivity index (χ2v) is 4.78. The van der Waals surface area contributed by atoms with E-state index in [2.05, 4.69) is 53.7 Å². The van der Waals surface area contributed by atoms with Gasteiger partial charge >= 0.3 is 0 Å². The van der Waals surface area contributed by atoms with Gasteiger partial charge < -0.3 is 10.6 Å². The number of hydrogen-bond acceptors (Lipinski definition) is 3. The summed E-state index contributed by atoms with van der Waals surface area (Å²) in [6.07, 6.45) is 4.25. The van der Waals surface area contributed by atoms with Crippen LogP contribution in [-0.4, -0.2) is 18.1 Å². The highest BCUT2D eigenvalue weighted by atomic mass is 15.0. The second-order valence-electron chi connectivity index (χ2n) is 4.78. The Hall–Kier alpha value is -1.61. The molecule has 0 bridgehead atoms. The Morgan fingerprint density at radius 1 is 1.00 bits per heavy atom. The molecule has 102 valence electrons. The lowest BCUT2D eigenvalue weighted by Crippen LogP contribution is -2.14. The van der Waals surface area contributed by atoms with Crippen LogP contribution in [-0.2, 0) is 6.54 Å². The van der Waals surface area contributed by atoms with Crippen LogP contribution in [0.4, 0.5) is 5.82 Å². The predicted molar refractivity (Wildman–Crippen MR) is 82.5 cm³/mol. The summed E-state index contributed by atoms with van der Waals surface area (Å²) >= 11 is 0. The summed E-state index contributed by atoms with van der Waals surface area (Å²) in [6, 6.07) is 8.49. The van der Waals surface area contributed by atoms with Crippen molar-refractivity contribution in [1.82, 2.24) is 10.3 Å². The highest BCUT2D eigenvalue weighted by Crippen LogP contribution is 2.24. The molecular formula is C16H23N3. The zero-order chi connectivity index (χ0) is 13.5. The van der Waals surface area contributed by atoms with Crippen molar-refractivity contribution < 1.29 is 0 Å². The third-order valence-electron chi connectivity index (χ3n) is 3.16. The van der Waals surface area contributed by atoms with E-state index in [9.17, 15) is 0 Å². The van der Waals surface area contributed by atoms with Crippen molar-refractivity contribution in [3.8, 4) is 0 Å². The van der Waals surface area contributed by atoms with E-state index >= 15 is 0 Å². The standard InChI is InChI=1S/C16H23N3/c1-3-9-17-11-13-12-19-16(18-10-4-2)15-8-6-5-7-14(13)15/h5-8,12,17H,3-4,9-11H2,1-2H3,(H,18,19). The molecule has 1 heterocycles. The molecule has 3 nitrogen and oxygen atoms in total. The van der Waals surface area contributed by atoms with Crippen LogP contribution >= 0.6 is 0 Å². The van der Waals surface area contributed by atoms with E-state index in [0.717, 1.165) is 38.3 Å². The first kappa shape index (κ1) is 13.8. The molecule has 0 aliphatic carbocycles. The van der Waals surface area contributed by atoms with Gasteiger partial charge in [0.15, 0.2) is 0 Å². The quantitative estimate of drug-likeness (QED) is 0.745. The molecule has 0 aliphatic heterocycles. The average molecular weight is 257 g/mol. The molecule has 0 unspecified atom stereocenters. The molecule has 1 aromatic heterocycles. The summed E-state index contributed by atoms with van der Waals surface area (Å²) in [7, 11) is 0. The van der Waals surface area contributed by atoms with Gasteiger partial charge in [-0.25, -0.2) is 4.98 Å². The van der Waals surface area contributed by atoms with Gasteiger partial charge in [0.2, 0.25) is 0 Å². The van der Waals surface area contributed by atoms with Crippen LogP contribution in [0.25, 0.3) is 10.8 Å². The van der Waals surface area contributed by atoms with E-state index < -0.39 is 0 Å². The van der Waals surface area contributed by atoms with E-state index in [0.29, 0.717) is 0 Å². The summed E-state index contributed by atoms with van der Waals surface area (Å²) < 4.78 is 0. The van der Waals surface area contributed by atoms with Crippen LogP contribution in [0.15, 0.2) is 30.5 Å². The fourth-order valence-corrected chi connectivity index (χ4v) is 2.18. The summed E-state index contributed by atoms with van der Waals surface area (Å²) in [5, 5.41) is 9.35. The summed E-state index contributed by atoms with van der Waals surface area (Å²) in [5.41, 5.74) is 1.27. The number of benzene rings is 1. The molecule has 1 aromatic carbocycles. The molecule has 0 spiro atoms. The average Bonchev–Trinajstić information content (AvgIpc) is 2.46. The van der Waals surface area contributed by atoms with Crippen LogP contribution in [0.5, 0.6) is 0 Å². The summed E-state index contributed by atoms with van der Waals surface area (Å²) in [5.74, 6) is 0.997. The van der Waals surface area contributed by atoms with Crippen LogP contribution in [0.2, 0.25) is 0 Å². The highest BCUT2D eigenvalue weighted by Gasteiger charge is 2.06. The second kappa shape index (κ2) is 7.10. The fraction of sp³-hybridized carbons (Fsp3) is 0.438. The van der Waals surface area contributed by atoms with Gasteiger partial charge in [0.25, 0.3) is 0 Å². The Bertz CT molecular complexity index is 522. The number of hydrogen-bond donors (Lipinski definition) is 2. The van der Waals surface area contributed by atoms with Crippen molar-refractivity contribution >= 4 is 16.6 Å². The van der Waals surface area contributed by atoms with Crippen LogP contribution in [0.3, 0.4) is 0 Å². The first-order valence-corrected chi connectivity index (χ1v) is 7.18. The molecule has 0 radical (unpaired) electrons. The molecule has 2 N–H and O–H groups in total. The number of nitrogens with one attached hydrogen (secondary N) is 2. The lowest BCUT2D eigenvalue weighted by Gasteiger charge is -2.12. The van der Waals surface area contributed by atoms with Crippen molar-refractivity contribution in [3.63, 3.8) is 0 Å². The minimum absolute atomic E-state index is 0.884. The molecule has 0 saturated carbocycles. The molecule has 0 amide bonds. The van der Waals surface area contributed by atoms with Gasteiger partial charge in [0, 0.05) is 24.7 Å². The lowest BCUT2D eigenvalue weighted by atomic mass is 10.1. The van der Waals surface area contributed by atoms with Gasteiger partial charge in [-0.05, 0) is 30.3 Å². The van der Waals surface area contributed by atoms with Crippen molar-refractivity contribution in [3.05, 3.63) is 36.0 Å². The molecule has 0 aliphatic rings. The van der Waals surface area contributed by atoms with E-state index in [-0.39, 0.29) is 0 Å². The van der Waals surface area contributed by atoms with Gasteiger partial charge in [-0.15, -0.1) is 0 Å². The number of rotatable bonds is 7. The molecule has 0 fully saturated rings. The first-order valence-electron chi connectivity index (χ1n) is 7.18. The zero-order valence-electron chi connectivity index (χ0n) is 11.9. The van der Waals surface area contributed by atoms with Crippen LogP contribution in [0.1, 0.15) is 32.3 Å². The smallest absolute Gasteiger partial charge is 0.133 e. The van der Waals surface area contributed by atoms with Crippen LogP contribution in [0, 0.1) is 0 Å². The van der Waals surface area contributed by atoms with Gasteiger partial charge in [0.1, 0.15) is 5.82 Å². The maximum absolute atomic E-state index is 4.57. The van der Waals surface area contributed by atoms with Gasteiger partial charge in [-0.3, -0.25) is 0 Å². The van der Waals surface area contributed by atoms with E-state index in [1.807, 2.05) is 6.20 Å². The summed E-state index contributed by atoms with van der Waals surface area (Å²) in [6.45, 7) is 7.24.